The molecule has 2 rings (SSSR count). The highest BCUT2D eigenvalue weighted by molar-refractivity contribution is 6.42. The Bertz CT molecular complexity index is 706. The molecule has 1 aromatic carbocycles. The van der Waals surface area contributed by atoms with E-state index in [0.29, 0.717) is 27.9 Å². The fourth-order valence-electron chi connectivity index (χ4n) is 1.92. The van der Waals surface area contributed by atoms with E-state index in [2.05, 4.69) is 15.5 Å². The van der Waals surface area contributed by atoms with E-state index in [-0.39, 0.29) is 12.3 Å². The van der Waals surface area contributed by atoms with Gasteiger partial charge in [-0.2, -0.15) is 0 Å². The van der Waals surface area contributed by atoms with Crippen LogP contribution in [0, 0.1) is 0 Å². The summed E-state index contributed by atoms with van der Waals surface area (Å²) in [5.41, 5.74) is 2.03. The second-order valence-electron chi connectivity index (χ2n) is 4.64. The van der Waals surface area contributed by atoms with Crippen molar-refractivity contribution in [3.05, 3.63) is 58.3 Å². The molecule has 0 aliphatic heterocycles. The standard InChI is InChI=1S/C16H15Cl2N3O2/c1-23-21-15(11-4-5-13(17)14(18)9-11)6-7-16(22)20-12-3-2-8-19-10-12/h2-5,8-10H,6-7H2,1H3,(H,20,22)/b21-15-. The highest BCUT2D eigenvalue weighted by atomic mass is 35.5. The minimum absolute atomic E-state index is 0.137. The summed E-state index contributed by atoms with van der Waals surface area (Å²) in [6, 6.07) is 8.68. The largest absolute Gasteiger partial charge is 0.399 e. The Morgan fingerprint density at radius 1 is 1.26 bits per heavy atom. The van der Waals surface area contributed by atoms with Gasteiger partial charge in [0.2, 0.25) is 5.91 Å². The van der Waals surface area contributed by atoms with Crippen molar-refractivity contribution in [2.75, 3.05) is 12.4 Å². The Morgan fingerprint density at radius 2 is 2.09 bits per heavy atom. The molecule has 0 bridgehead atoms. The molecule has 0 aliphatic rings. The first-order chi connectivity index (χ1) is 11.1. The SMILES string of the molecule is CO/N=C(/CCC(=O)Nc1cccnc1)c1ccc(Cl)c(Cl)c1. The van der Waals surface area contributed by atoms with Crippen molar-refractivity contribution < 1.29 is 9.63 Å². The second kappa shape index (κ2) is 8.50. The fourth-order valence-corrected chi connectivity index (χ4v) is 2.22. The van der Waals surface area contributed by atoms with Gasteiger partial charge >= 0.3 is 0 Å². The highest BCUT2D eigenvalue weighted by Gasteiger charge is 2.11. The van der Waals surface area contributed by atoms with Gasteiger partial charge in [0.1, 0.15) is 7.11 Å². The third-order valence-electron chi connectivity index (χ3n) is 2.99. The van der Waals surface area contributed by atoms with Crippen LogP contribution in [0.2, 0.25) is 10.0 Å². The van der Waals surface area contributed by atoms with Gasteiger partial charge in [0.25, 0.3) is 0 Å². The van der Waals surface area contributed by atoms with Gasteiger partial charge in [0.05, 0.1) is 27.6 Å². The first-order valence-electron chi connectivity index (χ1n) is 6.85. The van der Waals surface area contributed by atoms with Crippen molar-refractivity contribution in [3.8, 4) is 0 Å². The lowest BCUT2D eigenvalue weighted by Gasteiger charge is -2.08. The van der Waals surface area contributed by atoms with E-state index in [1.807, 2.05) is 0 Å². The highest BCUT2D eigenvalue weighted by Crippen LogP contribution is 2.23. The molecule has 1 amide bonds. The van der Waals surface area contributed by atoms with E-state index < -0.39 is 0 Å². The zero-order valence-corrected chi connectivity index (χ0v) is 13.9. The number of rotatable bonds is 6. The van der Waals surface area contributed by atoms with Crippen LogP contribution in [0.15, 0.2) is 47.9 Å². The molecule has 23 heavy (non-hydrogen) atoms. The zero-order chi connectivity index (χ0) is 16.7. The number of amides is 1. The molecule has 0 unspecified atom stereocenters. The topological polar surface area (TPSA) is 63.6 Å². The van der Waals surface area contributed by atoms with Crippen molar-refractivity contribution in [2.24, 2.45) is 5.16 Å². The molecule has 2 aromatic rings. The normalized spacial score (nSPS) is 11.2. The van der Waals surface area contributed by atoms with Gasteiger partial charge in [0.15, 0.2) is 0 Å². The number of halogens is 2. The molecular formula is C16H15Cl2N3O2. The molecule has 0 radical (unpaired) electrons. The van der Waals surface area contributed by atoms with Crippen molar-refractivity contribution in [2.45, 2.75) is 12.8 Å². The Morgan fingerprint density at radius 3 is 2.74 bits per heavy atom. The quantitative estimate of drug-likeness (QED) is 0.627. The summed E-state index contributed by atoms with van der Waals surface area (Å²) in [7, 11) is 1.45. The molecule has 0 fully saturated rings. The number of carbonyl (C=O) groups excluding carboxylic acids is 1. The maximum atomic E-state index is 12.0. The van der Waals surface area contributed by atoms with E-state index in [1.54, 1.807) is 42.7 Å². The van der Waals surface area contributed by atoms with Crippen LogP contribution in [0.4, 0.5) is 5.69 Å². The van der Waals surface area contributed by atoms with Crippen molar-refractivity contribution in [1.29, 1.82) is 0 Å². The number of aromatic nitrogens is 1. The molecule has 0 aliphatic carbocycles. The van der Waals surface area contributed by atoms with Crippen LogP contribution in [-0.2, 0) is 9.63 Å². The molecule has 0 saturated heterocycles. The molecule has 5 nitrogen and oxygen atoms in total. The predicted molar refractivity (Wildman–Crippen MR) is 92.1 cm³/mol. The first-order valence-corrected chi connectivity index (χ1v) is 7.61. The molecule has 0 atom stereocenters. The van der Waals surface area contributed by atoms with Gasteiger partial charge in [-0.15, -0.1) is 0 Å². The van der Waals surface area contributed by atoms with Crippen LogP contribution >= 0.6 is 23.2 Å². The average molecular weight is 352 g/mol. The van der Waals surface area contributed by atoms with Crippen LogP contribution in [0.3, 0.4) is 0 Å². The van der Waals surface area contributed by atoms with E-state index in [4.69, 9.17) is 28.0 Å². The average Bonchev–Trinajstić information content (AvgIpc) is 2.55. The molecule has 1 N–H and O–H groups in total. The van der Waals surface area contributed by atoms with Crippen LogP contribution in [0.25, 0.3) is 0 Å². The minimum atomic E-state index is -0.137. The Hall–Kier alpha value is -2.11. The van der Waals surface area contributed by atoms with Crippen LogP contribution in [0.1, 0.15) is 18.4 Å². The molecule has 120 valence electrons. The third kappa shape index (κ3) is 5.23. The number of pyridine rings is 1. The van der Waals surface area contributed by atoms with Crippen LogP contribution in [-0.4, -0.2) is 23.7 Å². The van der Waals surface area contributed by atoms with E-state index in [1.165, 1.54) is 7.11 Å². The molecular weight excluding hydrogens is 337 g/mol. The van der Waals surface area contributed by atoms with Gasteiger partial charge < -0.3 is 10.2 Å². The number of anilines is 1. The summed E-state index contributed by atoms with van der Waals surface area (Å²) < 4.78 is 0. The molecule has 0 spiro atoms. The molecule has 0 saturated carbocycles. The van der Waals surface area contributed by atoms with Gasteiger partial charge in [-0.3, -0.25) is 9.78 Å². The van der Waals surface area contributed by atoms with E-state index in [0.717, 1.165) is 5.56 Å². The number of carbonyl (C=O) groups is 1. The number of nitrogens with zero attached hydrogens (tertiary/aromatic N) is 2. The first kappa shape index (κ1) is 17.2. The summed E-state index contributed by atoms with van der Waals surface area (Å²) in [5, 5.41) is 7.62. The van der Waals surface area contributed by atoms with Gasteiger partial charge in [-0.25, -0.2) is 0 Å². The summed E-state index contributed by atoms with van der Waals surface area (Å²) in [6.07, 6.45) is 3.87. The third-order valence-corrected chi connectivity index (χ3v) is 3.73. The van der Waals surface area contributed by atoms with E-state index >= 15 is 0 Å². The summed E-state index contributed by atoms with van der Waals surface area (Å²) in [5.74, 6) is -0.137. The zero-order valence-electron chi connectivity index (χ0n) is 12.4. The van der Waals surface area contributed by atoms with Crippen molar-refractivity contribution >= 4 is 40.5 Å². The smallest absolute Gasteiger partial charge is 0.224 e. The molecule has 7 heteroatoms. The number of hydrogen-bond donors (Lipinski definition) is 1. The van der Waals surface area contributed by atoms with E-state index in [9.17, 15) is 4.79 Å². The van der Waals surface area contributed by atoms with Gasteiger partial charge in [0, 0.05) is 24.6 Å². The monoisotopic (exact) mass is 351 g/mol. The van der Waals surface area contributed by atoms with Crippen molar-refractivity contribution in [1.82, 2.24) is 4.98 Å². The summed E-state index contributed by atoms with van der Waals surface area (Å²) >= 11 is 11.9. The fraction of sp³-hybridized carbons (Fsp3) is 0.188. The maximum Gasteiger partial charge on any atom is 0.224 e. The Labute approximate surface area is 144 Å². The lowest BCUT2D eigenvalue weighted by Crippen LogP contribution is -2.14. The summed E-state index contributed by atoms with van der Waals surface area (Å²) in [6.45, 7) is 0. The summed E-state index contributed by atoms with van der Waals surface area (Å²) in [4.78, 5) is 20.8. The minimum Gasteiger partial charge on any atom is -0.399 e. The maximum absolute atomic E-state index is 12.0. The number of nitrogens with one attached hydrogen (secondary N) is 1. The number of hydrogen-bond acceptors (Lipinski definition) is 4. The molecule has 1 aromatic heterocycles. The van der Waals surface area contributed by atoms with Crippen molar-refractivity contribution in [3.63, 3.8) is 0 Å². The van der Waals surface area contributed by atoms with Crippen LogP contribution < -0.4 is 5.32 Å². The van der Waals surface area contributed by atoms with Gasteiger partial charge in [-0.05, 0) is 24.3 Å². The second-order valence-corrected chi connectivity index (χ2v) is 5.45. The van der Waals surface area contributed by atoms with Crippen LogP contribution in [0.5, 0.6) is 0 Å². The molecule has 1 heterocycles. The lowest BCUT2D eigenvalue weighted by molar-refractivity contribution is -0.116. The van der Waals surface area contributed by atoms with Gasteiger partial charge in [-0.1, -0.05) is 34.4 Å². The number of benzene rings is 1. The Balaban J connectivity index is 2.01. The number of oxime groups is 1. The predicted octanol–water partition coefficient (Wildman–Crippen LogP) is 4.16. The Kier molecular flexibility index (Phi) is 6.38. The lowest BCUT2D eigenvalue weighted by atomic mass is 10.1.